The summed E-state index contributed by atoms with van der Waals surface area (Å²) in [5.74, 6) is -1.22. The average molecular weight is 205 g/mol. The Kier molecular flexibility index (Phi) is 2.19. The maximum Gasteiger partial charge on any atom is 0.335 e. The second-order valence-corrected chi connectivity index (χ2v) is 3.56. The van der Waals surface area contributed by atoms with Gasteiger partial charge in [-0.05, 0) is 30.2 Å². The quantitative estimate of drug-likeness (QED) is 0.774. The van der Waals surface area contributed by atoms with Gasteiger partial charge in [0.25, 0.3) is 0 Å². The van der Waals surface area contributed by atoms with Crippen LogP contribution in [0.4, 0.5) is 5.69 Å². The van der Waals surface area contributed by atoms with E-state index in [1.54, 1.807) is 12.1 Å². The first kappa shape index (κ1) is 9.71. The number of fused-ring (bicyclic) bond motifs is 1. The van der Waals surface area contributed by atoms with Gasteiger partial charge in [0.15, 0.2) is 0 Å². The summed E-state index contributed by atoms with van der Waals surface area (Å²) < 4.78 is 0. The van der Waals surface area contributed by atoms with Gasteiger partial charge in [-0.3, -0.25) is 4.79 Å². The molecule has 0 spiro atoms. The van der Waals surface area contributed by atoms with E-state index in [-0.39, 0.29) is 17.4 Å². The Morgan fingerprint density at radius 3 is 2.87 bits per heavy atom. The molecule has 0 bridgehead atoms. The highest BCUT2D eigenvalue weighted by Gasteiger charge is 2.29. The zero-order chi connectivity index (χ0) is 11.0. The normalized spacial score (nSPS) is 18.5. The largest absolute Gasteiger partial charge is 0.478 e. The molecular weight excluding hydrogens is 194 g/mol. The van der Waals surface area contributed by atoms with Crippen molar-refractivity contribution < 1.29 is 14.7 Å². The number of rotatable bonds is 2. The second-order valence-electron chi connectivity index (χ2n) is 3.56. The van der Waals surface area contributed by atoms with Gasteiger partial charge in [0.2, 0.25) is 5.91 Å². The molecule has 15 heavy (non-hydrogen) atoms. The summed E-state index contributed by atoms with van der Waals surface area (Å²) in [5.41, 5.74) is 1.75. The summed E-state index contributed by atoms with van der Waals surface area (Å²) in [6, 6.07) is 4.72. The Balaban J connectivity index is 2.49. The number of hydrogen-bond donors (Lipinski definition) is 2. The van der Waals surface area contributed by atoms with Crippen LogP contribution in [0.15, 0.2) is 18.2 Å². The van der Waals surface area contributed by atoms with Crippen LogP contribution in [0.5, 0.6) is 0 Å². The summed E-state index contributed by atoms with van der Waals surface area (Å²) in [7, 11) is 0. The third kappa shape index (κ3) is 1.48. The SMILES string of the molecule is CC[C@@H]1C(=O)Nc2ccc(C(=O)O)cc21. The highest BCUT2D eigenvalue weighted by Crippen LogP contribution is 2.34. The van der Waals surface area contributed by atoms with Crippen molar-refractivity contribution in [3.63, 3.8) is 0 Å². The minimum atomic E-state index is -0.966. The van der Waals surface area contributed by atoms with E-state index >= 15 is 0 Å². The first-order valence-electron chi connectivity index (χ1n) is 4.81. The van der Waals surface area contributed by atoms with Gasteiger partial charge in [-0.15, -0.1) is 0 Å². The molecular formula is C11H11NO3. The van der Waals surface area contributed by atoms with Gasteiger partial charge in [0.1, 0.15) is 0 Å². The van der Waals surface area contributed by atoms with E-state index in [1.165, 1.54) is 6.07 Å². The van der Waals surface area contributed by atoms with E-state index in [1.807, 2.05) is 6.92 Å². The lowest BCUT2D eigenvalue weighted by Crippen LogP contribution is -2.10. The van der Waals surface area contributed by atoms with E-state index in [0.717, 1.165) is 11.3 Å². The second kappa shape index (κ2) is 3.38. The molecule has 0 aromatic heterocycles. The highest BCUT2D eigenvalue weighted by atomic mass is 16.4. The van der Waals surface area contributed by atoms with E-state index < -0.39 is 5.97 Å². The number of carbonyl (C=O) groups is 2. The monoisotopic (exact) mass is 205 g/mol. The molecule has 1 heterocycles. The molecule has 2 N–H and O–H groups in total. The van der Waals surface area contributed by atoms with Crippen LogP contribution in [-0.2, 0) is 4.79 Å². The number of carboxylic acid groups (broad SMARTS) is 1. The molecule has 0 fully saturated rings. The number of carboxylic acids is 1. The van der Waals surface area contributed by atoms with Crippen LogP contribution in [-0.4, -0.2) is 17.0 Å². The lowest BCUT2D eigenvalue weighted by atomic mass is 9.96. The van der Waals surface area contributed by atoms with E-state index in [9.17, 15) is 9.59 Å². The molecule has 0 unspecified atom stereocenters. The van der Waals surface area contributed by atoms with Crippen molar-refractivity contribution in [2.75, 3.05) is 5.32 Å². The average Bonchev–Trinajstić information content (AvgIpc) is 2.51. The first-order valence-corrected chi connectivity index (χ1v) is 4.81. The van der Waals surface area contributed by atoms with Gasteiger partial charge in [-0.25, -0.2) is 4.79 Å². The molecule has 4 nitrogen and oxygen atoms in total. The van der Waals surface area contributed by atoms with Crippen molar-refractivity contribution in [1.82, 2.24) is 0 Å². The van der Waals surface area contributed by atoms with E-state index in [0.29, 0.717) is 6.42 Å². The van der Waals surface area contributed by atoms with Gasteiger partial charge >= 0.3 is 5.97 Å². The predicted octanol–water partition coefficient (Wildman–Crippen LogP) is 1.83. The third-order valence-electron chi connectivity index (χ3n) is 2.66. The number of nitrogens with one attached hydrogen (secondary N) is 1. The molecule has 78 valence electrons. The van der Waals surface area contributed by atoms with Crippen molar-refractivity contribution in [3.05, 3.63) is 29.3 Å². The van der Waals surface area contributed by atoms with Crippen LogP contribution >= 0.6 is 0 Å². The van der Waals surface area contributed by atoms with Crippen molar-refractivity contribution in [2.45, 2.75) is 19.3 Å². The molecule has 0 saturated carbocycles. The van der Waals surface area contributed by atoms with Gasteiger partial charge in [-0.2, -0.15) is 0 Å². The Hall–Kier alpha value is -1.84. The summed E-state index contributed by atoms with van der Waals surface area (Å²) in [6.07, 6.45) is 0.682. The van der Waals surface area contributed by atoms with Crippen LogP contribution in [0, 0.1) is 0 Å². The Morgan fingerprint density at radius 2 is 2.27 bits per heavy atom. The van der Waals surface area contributed by atoms with Crippen LogP contribution in [0.1, 0.15) is 35.2 Å². The topological polar surface area (TPSA) is 66.4 Å². The molecule has 1 amide bonds. The number of hydrogen-bond acceptors (Lipinski definition) is 2. The number of aromatic carboxylic acids is 1. The zero-order valence-corrected chi connectivity index (χ0v) is 8.28. The highest BCUT2D eigenvalue weighted by molar-refractivity contribution is 6.03. The fraction of sp³-hybridized carbons (Fsp3) is 0.273. The molecule has 0 saturated heterocycles. The first-order chi connectivity index (χ1) is 7.13. The number of amides is 1. The molecule has 4 heteroatoms. The molecule has 2 rings (SSSR count). The van der Waals surface area contributed by atoms with Gasteiger partial charge < -0.3 is 10.4 Å². The molecule has 1 aliphatic rings. The van der Waals surface area contributed by atoms with Crippen molar-refractivity contribution in [1.29, 1.82) is 0 Å². The van der Waals surface area contributed by atoms with Crippen LogP contribution < -0.4 is 5.32 Å². The van der Waals surface area contributed by atoms with Gasteiger partial charge in [0, 0.05) is 5.69 Å². The number of anilines is 1. The predicted molar refractivity (Wildman–Crippen MR) is 55.1 cm³/mol. The molecule has 1 aromatic carbocycles. The molecule has 1 atom stereocenters. The molecule has 0 radical (unpaired) electrons. The summed E-state index contributed by atoms with van der Waals surface area (Å²) in [4.78, 5) is 22.3. The summed E-state index contributed by atoms with van der Waals surface area (Å²) in [6.45, 7) is 1.91. The van der Waals surface area contributed by atoms with Crippen LogP contribution in [0.3, 0.4) is 0 Å². The van der Waals surface area contributed by atoms with E-state index in [4.69, 9.17) is 5.11 Å². The lowest BCUT2D eigenvalue weighted by Gasteiger charge is -2.04. The van der Waals surface area contributed by atoms with Gasteiger partial charge in [0.05, 0.1) is 11.5 Å². The lowest BCUT2D eigenvalue weighted by molar-refractivity contribution is -0.117. The zero-order valence-electron chi connectivity index (χ0n) is 8.28. The summed E-state index contributed by atoms with van der Waals surface area (Å²) >= 11 is 0. The van der Waals surface area contributed by atoms with E-state index in [2.05, 4.69) is 5.32 Å². The van der Waals surface area contributed by atoms with Crippen molar-refractivity contribution in [2.24, 2.45) is 0 Å². The minimum absolute atomic E-state index is 0.0463. The standard InChI is InChI=1S/C11H11NO3/c1-2-7-8-5-6(11(14)15)3-4-9(8)12-10(7)13/h3-5,7H,2H2,1H3,(H,12,13)(H,14,15)/t7-/m0/s1. The maximum atomic E-state index is 11.5. The van der Waals surface area contributed by atoms with Crippen LogP contribution in [0.2, 0.25) is 0 Å². The summed E-state index contributed by atoms with van der Waals surface area (Å²) in [5, 5.41) is 11.6. The van der Waals surface area contributed by atoms with Crippen molar-refractivity contribution >= 4 is 17.6 Å². The van der Waals surface area contributed by atoms with Crippen LogP contribution in [0.25, 0.3) is 0 Å². The smallest absolute Gasteiger partial charge is 0.335 e. The molecule has 1 aromatic rings. The van der Waals surface area contributed by atoms with Crippen molar-refractivity contribution in [3.8, 4) is 0 Å². The number of carbonyl (C=O) groups excluding carboxylic acids is 1. The fourth-order valence-corrected chi connectivity index (χ4v) is 1.86. The Labute approximate surface area is 86.9 Å². The minimum Gasteiger partial charge on any atom is -0.478 e. The Morgan fingerprint density at radius 1 is 1.53 bits per heavy atom. The van der Waals surface area contributed by atoms with Gasteiger partial charge in [-0.1, -0.05) is 6.92 Å². The number of benzene rings is 1. The fourth-order valence-electron chi connectivity index (χ4n) is 1.86. The third-order valence-corrected chi connectivity index (χ3v) is 2.66. The maximum absolute atomic E-state index is 11.5. The Bertz CT molecular complexity index is 439. The molecule has 1 aliphatic heterocycles. The molecule has 0 aliphatic carbocycles.